The summed E-state index contributed by atoms with van der Waals surface area (Å²) < 4.78 is 0. The molecule has 0 bridgehead atoms. The van der Waals surface area contributed by atoms with Crippen LogP contribution in [-0.4, -0.2) is 23.3 Å². The summed E-state index contributed by atoms with van der Waals surface area (Å²) in [4.78, 5) is 0. The average molecular weight is 227 g/mol. The maximum absolute atomic E-state index is 10.5. The van der Waals surface area contributed by atoms with Crippen LogP contribution in [0.3, 0.4) is 0 Å². The maximum Gasteiger partial charge on any atom is 0.0649 e. The quantitative estimate of drug-likeness (QED) is 0.773. The van der Waals surface area contributed by atoms with Crippen molar-refractivity contribution in [2.45, 2.75) is 77.9 Å². The molecule has 96 valence electrons. The second-order valence-corrected chi connectivity index (χ2v) is 6.62. The Kier molecular flexibility index (Phi) is 4.81. The summed E-state index contributed by atoms with van der Waals surface area (Å²) in [5.74, 6) is 0. The van der Waals surface area contributed by atoms with Gasteiger partial charge in [0.2, 0.25) is 0 Å². The standard InChI is InChI=1S/C14H29NO/c1-5-15-12-6-8-14(16,9-7-12)11-10-13(2,3)4/h12,15-16H,5-11H2,1-4H3. The second-order valence-electron chi connectivity index (χ2n) is 6.62. The van der Waals surface area contributed by atoms with Gasteiger partial charge in [-0.2, -0.15) is 0 Å². The zero-order valence-electron chi connectivity index (χ0n) is 11.5. The molecule has 0 aliphatic heterocycles. The molecule has 0 heterocycles. The Hall–Kier alpha value is -0.0800. The summed E-state index contributed by atoms with van der Waals surface area (Å²) in [6, 6.07) is 0.639. The molecule has 0 unspecified atom stereocenters. The molecule has 1 aliphatic carbocycles. The van der Waals surface area contributed by atoms with Crippen LogP contribution in [0.1, 0.15) is 66.2 Å². The first kappa shape index (κ1) is 14.0. The molecule has 1 fully saturated rings. The second kappa shape index (κ2) is 5.50. The van der Waals surface area contributed by atoms with Gasteiger partial charge in [0.25, 0.3) is 0 Å². The topological polar surface area (TPSA) is 32.3 Å². The zero-order valence-corrected chi connectivity index (χ0v) is 11.5. The van der Waals surface area contributed by atoms with Crippen molar-refractivity contribution in [2.75, 3.05) is 6.54 Å². The molecule has 2 heteroatoms. The Labute approximate surface area is 101 Å². The molecule has 16 heavy (non-hydrogen) atoms. The third kappa shape index (κ3) is 4.84. The highest BCUT2D eigenvalue weighted by Gasteiger charge is 2.33. The van der Waals surface area contributed by atoms with Gasteiger partial charge in [-0.25, -0.2) is 0 Å². The van der Waals surface area contributed by atoms with Crippen molar-refractivity contribution in [3.8, 4) is 0 Å². The predicted octanol–water partition coefficient (Wildman–Crippen LogP) is 3.10. The van der Waals surface area contributed by atoms with Gasteiger partial charge in [-0.15, -0.1) is 0 Å². The third-order valence-corrected chi connectivity index (χ3v) is 3.75. The monoisotopic (exact) mass is 227 g/mol. The summed E-state index contributed by atoms with van der Waals surface area (Å²) in [7, 11) is 0. The van der Waals surface area contributed by atoms with E-state index in [4.69, 9.17) is 0 Å². The molecule has 0 amide bonds. The predicted molar refractivity (Wildman–Crippen MR) is 69.6 cm³/mol. The molecule has 1 rings (SSSR count). The number of aliphatic hydroxyl groups is 1. The molecular weight excluding hydrogens is 198 g/mol. The zero-order chi connectivity index (χ0) is 12.2. The van der Waals surface area contributed by atoms with Gasteiger partial charge >= 0.3 is 0 Å². The minimum atomic E-state index is -0.376. The van der Waals surface area contributed by atoms with E-state index in [1.807, 2.05) is 0 Å². The fourth-order valence-electron chi connectivity index (χ4n) is 2.51. The lowest BCUT2D eigenvalue weighted by molar-refractivity contribution is -0.0188. The molecule has 0 aromatic carbocycles. The van der Waals surface area contributed by atoms with Crippen LogP contribution in [0.25, 0.3) is 0 Å². The summed E-state index contributed by atoms with van der Waals surface area (Å²) in [5, 5.41) is 14.0. The highest BCUT2D eigenvalue weighted by atomic mass is 16.3. The Morgan fingerprint density at radius 3 is 2.25 bits per heavy atom. The Bertz CT molecular complexity index is 199. The van der Waals surface area contributed by atoms with Crippen LogP contribution in [-0.2, 0) is 0 Å². The van der Waals surface area contributed by atoms with Gasteiger partial charge in [0.05, 0.1) is 5.60 Å². The van der Waals surface area contributed by atoms with Gasteiger partial charge in [-0.1, -0.05) is 27.7 Å². The summed E-state index contributed by atoms with van der Waals surface area (Å²) in [6.45, 7) is 9.95. The lowest BCUT2D eigenvalue weighted by atomic mass is 9.76. The van der Waals surface area contributed by atoms with E-state index in [0.29, 0.717) is 11.5 Å². The van der Waals surface area contributed by atoms with Crippen molar-refractivity contribution >= 4 is 0 Å². The molecule has 0 saturated heterocycles. The number of nitrogens with one attached hydrogen (secondary N) is 1. The fraction of sp³-hybridized carbons (Fsp3) is 1.00. The van der Waals surface area contributed by atoms with Gasteiger partial charge in [-0.3, -0.25) is 0 Å². The maximum atomic E-state index is 10.5. The fourth-order valence-corrected chi connectivity index (χ4v) is 2.51. The highest BCUT2D eigenvalue weighted by Crippen LogP contribution is 2.35. The molecule has 0 aromatic rings. The first-order valence-electron chi connectivity index (χ1n) is 6.80. The van der Waals surface area contributed by atoms with Crippen molar-refractivity contribution in [3.05, 3.63) is 0 Å². The van der Waals surface area contributed by atoms with E-state index >= 15 is 0 Å². The average Bonchev–Trinajstić information content (AvgIpc) is 2.19. The van der Waals surface area contributed by atoms with Gasteiger partial charge in [-0.05, 0) is 50.5 Å². The minimum absolute atomic E-state index is 0.342. The van der Waals surface area contributed by atoms with Crippen molar-refractivity contribution in [3.63, 3.8) is 0 Å². The van der Waals surface area contributed by atoms with Gasteiger partial charge in [0, 0.05) is 6.04 Å². The van der Waals surface area contributed by atoms with E-state index in [9.17, 15) is 5.11 Å². The van der Waals surface area contributed by atoms with E-state index in [1.165, 1.54) is 0 Å². The SMILES string of the molecule is CCNC1CCC(O)(CCC(C)(C)C)CC1. The van der Waals surface area contributed by atoms with Crippen molar-refractivity contribution in [2.24, 2.45) is 5.41 Å². The third-order valence-electron chi connectivity index (χ3n) is 3.75. The number of hydrogen-bond acceptors (Lipinski definition) is 2. The molecule has 0 atom stereocenters. The molecule has 1 aliphatic rings. The van der Waals surface area contributed by atoms with Crippen LogP contribution in [0, 0.1) is 5.41 Å². The van der Waals surface area contributed by atoms with Crippen molar-refractivity contribution in [1.82, 2.24) is 5.32 Å². The van der Waals surface area contributed by atoms with Crippen LogP contribution in [0.15, 0.2) is 0 Å². The number of hydrogen-bond donors (Lipinski definition) is 2. The van der Waals surface area contributed by atoms with E-state index in [1.54, 1.807) is 0 Å². The van der Waals surface area contributed by atoms with E-state index in [-0.39, 0.29) is 5.60 Å². The van der Waals surface area contributed by atoms with Crippen molar-refractivity contribution in [1.29, 1.82) is 0 Å². The van der Waals surface area contributed by atoms with E-state index in [2.05, 4.69) is 33.0 Å². The Morgan fingerprint density at radius 2 is 1.81 bits per heavy atom. The molecule has 0 radical (unpaired) electrons. The smallest absolute Gasteiger partial charge is 0.0649 e. The van der Waals surface area contributed by atoms with Crippen LogP contribution >= 0.6 is 0 Å². The van der Waals surface area contributed by atoms with E-state index < -0.39 is 0 Å². The lowest BCUT2D eigenvalue weighted by Gasteiger charge is -2.37. The molecule has 0 spiro atoms. The summed E-state index contributed by atoms with van der Waals surface area (Å²) in [5.41, 5.74) is -0.0343. The minimum Gasteiger partial charge on any atom is -0.390 e. The summed E-state index contributed by atoms with van der Waals surface area (Å²) >= 11 is 0. The molecule has 2 N–H and O–H groups in total. The number of rotatable bonds is 4. The first-order chi connectivity index (χ1) is 7.35. The van der Waals surface area contributed by atoms with Gasteiger partial charge < -0.3 is 10.4 Å². The highest BCUT2D eigenvalue weighted by molar-refractivity contribution is 4.88. The van der Waals surface area contributed by atoms with Crippen LogP contribution in [0.5, 0.6) is 0 Å². The molecule has 1 saturated carbocycles. The Balaban J connectivity index is 2.32. The van der Waals surface area contributed by atoms with E-state index in [0.717, 1.165) is 45.1 Å². The van der Waals surface area contributed by atoms with Crippen molar-refractivity contribution < 1.29 is 5.11 Å². The van der Waals surface area contributed by atoms with Gasteiger partial charge in [0.1, 0.15) is 0 Å². The molecule has 0 aromatic heterocycles. The Morgan fingerprint density at radius 1 is 1.25 bits per heavy atom. The van der Waals surface area contributed by atoms with Gasteiger partial charge in [0.15, 0.2) is 0 Å². The van der Waals surface area contributed by atoms with Crippen LogP contribution < -0.4 is 5.32 Å². The first-order valence-corrected chi connectivity index (χ1v) is 6.80. The largest absolute Gasteiger partial charge is 0.390 e. The summed E-state index contributed by atoms with van der Waals surface area (Å²) in [6.07, 6.45) is 6.30. The van der Waals surface area contributed by atoms with Crippen LogP contribution in [0.2, 0.25) is 0 Å². The normalized spacial score (nSPS) is 31.7. The van der Waals surface area contributed by atoms with Crippen LogP contribution in [0.4, 0.5) is 0 Å². The molecule has 2 nitrogen and oxygen atoms in total. The lowest BCUT2D eigenvalue weighted by Crippen LogP contribution is -2.41. The molecular formula is C14H29NO.